The molecule has 0 aliphatic rings. The number of ether oxygens (including phenoxy) is 3. The predicted octanol–water partition coefficient (Wildman–Crippen LogP) is 20.5. The zero-order valence-electron chi connectivity index (χ0n) is 47.0. The van der Waals surface area contributed by atoms with E-state index in [4.69, 9.17) is 14.2 Å². The predicted molar refractivity (Wildman–Crippen MR) is 307 cm³/mol. The number of carbonyl (C=O) groups excluding carboxylic acids is 3. The second-order valence-electron chi connectivity index (χ2n) is 20.3. The van der Waals surface area contributed by atoms with Gasteiger partial charge < -0.3 is 14.2 Å². The van der Waals surface area contributed by atoms with Crippen molar-refractivity contribution in [1.29, 1.82) is 0 Å². The van der Waals surface area contributed by atoms with Crippen LogP contribution in [0.25, 0.3) is 0 Å². The highest BCUT2D eigenvalue weighted by molar-refractivity contribution is 5.71. The van der Waals surface area contributed by atoms with Gasteiger partial charge in [0, 0.05) is 19.3 Å². The third-order valence-corrected chi connectivity index (χ3v) is 13.2. The Kier molecular flexibility index (Phi) is 56.8. The number of allylic oxidation sites excluding steroid dienone is 12. The highest BCUT2D eigenvalue weighted by atomic mass is 16.6. The minimum atomic E-state index is -0.792. The lowest BCUT2D eigenvalue weighted by molar-refractivity contribution is -0.167. The first-order valence-corrected chi connectivity index (χ1v) is 30.5. The molecule has 6 heteroatoms. The molecule has 0 aliphatic heterocycles. The third-order valence-electron chi connectivity index (χ3n) is 13.2. The van der Waals surface area contributed by atoms with Crippen LogP contribution in [0, 0.1) is 0 Å². The fourth-order valence-electron chi connectivity index (χ4n) is 8.62. The topological polar surface area (TPSA) is 78.9 Å². The number of hydrogen-bond acceptors (Lipinski definition) is 6. The lowest BCUT2D eigenvalue weighted by Crippen LogP contribution is -2.30. The van der Waals surface area contributed by atoms with Gasteiger partial charge in [-0.2, -0.15) is 0 Å². The van der Waals surface area contributed by atoms with Crippen LogP contribution < -0.4 is 0 Å². The molecular formula is C65H114O6. The van der Waals surface area contributed by atoms with Crippen molar-refractivity contribution >= 4 is 17.9 Å². The van der Waals surface area contributed by atoms with Crippen molar-refractivity contribution in [2.45, 2.75) is 309 Å². The Hall–Kier alpha value is -3.15. The van der Waals surface area contributed by atoms with E-state index in [1.54, 1.807) is 0 Å². The van der Waals surface area contributed by atoms with E-state index >= 15 is 0 Å². The molecule has 410 valence electrons. The molecule has 0 aromatic rings. The number of carbonyl (C=O) groups is 3. The molecule has 0 saturated heterocycles. The maximum Gasteiger partial charge on any atom is 0.306 e. The average Bonchev–Trinajstić information content (AvgIpc) is 3.37. The van der Waals surface area contributed by atoms with E-state index in [1.165, 1.54) is 161 Å². The Morgan fingerprint density at radius 2 is 0.592 bits per heavy atom. The van der Waals surface area contributed by atoms with Crippen molar-refractivity contribution in [2.75, 3.05) is 13.2 Å². The highest BCUT2D eigenvalue weighted by Gasteiger charge is 2.19. The van der Waals surface area contributed by atoms with Gasteiger partial charge in [-0.3, -0.25) is 14.4 Å². The van der Waals surface area contributed by atoms with E-state index in [0.29, 0.717) is 19.3 Å². The van der Waals surface area contributed by atoms with Crippen LogP contribution in [0.1, 0.15) is 303 Å². The van der Waals surface area contributed by atoms with Gasteiger partial charge in [0.05, 0.1) is 0 Å². The Morgan fingerprint density at radius 1 is 0.310 bits per heavy atom. The van der Waals surface area contributed by atoms with E-state index in [2.05, 4.69) is 93.7 Å². The summed E-state index contributed by atoms with van der Waals surface area (Å²) in [6, 6.07) is 0. The summed E-state index contributed by atoms with van der Waals surface area (Å²) >= 11 is 0. The standard InChI is InChI=1S/C65H114O6/c1-4-7-10-13-16-19-22-25-28-31-33-35-37-40-43-46-49-52-55-58-64(67)70-61-62(60-69-63(66)57-54-51-48-45-42-39-36-30-27-24-21-18-15-12-9-6-3)71-65(68)59-56-53-50-47-44-41-38-34-32-29-26-23-20-17-14-11-8-5-2/h9,12,18,21,27,29-34,38,62H,4-8,10-11,13-17,19-20,22-26,28,35-37,39-61H2,1-3H3/b12-9-,21-18-,30-27-,32-29-,33-31-,38-34-. The first-order valence-electron chi connectivity index (χ1n) is 30.5. The monoisotopic (exact) mass is 991 g/mol. The molecule has 6 nitrogen and oxygen atoms in total. The van der Waals surface area contributed by atoms with E-state index in [-0.39, 0.29) is 31.1 Å². The molecule has 0 amide bonds. The van der Waals surface area contributed by atoms with Gasteiger partial charge in [0.15, 0.2) is 6.10 Å². The summed E-state index contributed by atoms with van der Waals surface area (Å²) < 4.78 is 16.9. The van der Waals surface area contributed by atoms with E-state index < -0.39 is 6.10 Å². The SMILES string of the molecule is CC/C=C\C/C=C\C/C=C\CCCCCCCCC(=O)OCC(COC(=O)CCCCCCCCC/C=C\CCCCCCCCCC)OC(=O)CCCCCCC/C=C\C=C/CCCCCCCCC. The van der Waals surface area contributed by atoms with Crippen LogP contribution in [0.5, 0.6) is 0 Å². The smallest absolute Gasteiger partial charge is 0.306 e. The maximum absolute atomic E-state index is 12.9. The van der Waals surface area contributed by atoms with Crippen LogP contribution in [0.3, 0.4) is 0 Å². The molecule has 0 spiro atoms. The zero-order chi connectivity index (χ0) is 51.4. The van der Waals surface area contributed by atoms with Crippen LogP contribution in [0.15, 0.2) is 72.9 Å². The van der Waals surface area contributed by atoms with Crippen molar-refractivity contribution in [3.05, 3.63) is 72.9 Å². The molecule has 0 bridgehead atoms. The molecule has 0 aromatic carbocycles. The third kappa shape index (κ3) is 57.6. The lowest BCUT2D eigenvalue weighted by atomic mass is 10.1. The van der Waals surface area contributed by atoms with Crippen LogP contribution in [0.2, 0.25) is 0 Å². The van der Waals surface area contributed by atoms with Gasteiger partial charge in [-0.1, -0.05) is 254 Å². The van der Waals surface area contributed by atoms with Crippen molar-refractivity contribution < 1.29 is 28.6 Å². The second kappa shape index (κ2) is 59.4. The summed E-state index contributed by atoms with van der Waals surface area (Å²) in [4.78, 5) is 38.2. The van der Waals surface area contributed by atoms with Gasteiger partial charge in [-0.05, 0) is 103 Å². The number of rotatable bonds is 55. The van der Waals surface area contributed by atoms with Gasteiger partial charge in [-0.25, -0.2) is 0 Å². The van der Waals surface area contributed by atoms with Crippen molar-refractivity contribution in [3.63, 3.8) is 0 Å². The first-order chi connectivity index (χ1) is 35.0. The van der Waals surface area contributed by atoms with Gasteiger partial charge in [0.25, 0.3) is 0 Å². The summed E-state index contributed by atoms with van der Waals surface area (Å²) in [6.07, 6.45) is 76.1. The van der Waals surface area contributed by atoms with Crippen LogP contribution in [0.4, 0.5) is 0 Å². The minimum absolute atomic E-state index is 0.0875. The molecule has 0 aliphatic carbocycles. The normalized spacial score (nSPS) is 12.5. The Bertz CT molecular complexity index is 1320. The van der Waals surface area contributed by atoms with Crippen LogP contribution >= 0.6 is 0 Å². The average molecular weight is 992 g/mol. The molecule has 71 heavy (non-hydrogen) atoms. The highest BCUT2D eigenvalue weighted by Crippen LogP contribution is 2.15. The number of unbranched alkanes of at least 4 members (excludes halogenated alkanes) is 33. The number of hydrogen-bond donors (Lipinski definition) is 0. The molecule has 0 N–H and O–H groups in total. The number of esters is 3. The van der Waals surface area contributed by atoms with E-state index in [0.717, 1.165) is 103 Å². The molecule has 0 heterocycles. The maximum atomic E-state index is 12.9. The van der Waals surface area contributed by atoms with Crippen LogP contribution in [-0.4, -0.2) is 37.2 Å². The molecule has 0 saturated carbocycles. The summed E-state index contributed by atoms with van der Waals surface area (Å²) in [5.74, 6) is -0.909. The second-order valence-corrected chi connectivity index (χ2v) is 20.3. The zero-order valence-corrected chi connectivity index (χ0v) is 47.0. The largest absolute Gasteiger partial charge is 0.462 e. The first kappa shape index (κ1) is 67.8. The fourth-order valence-corrected chi connectivity index (χ4v) is 8.62. The molecule has 0 rings (SSSR count). The summed E-state index contributed by atoms with van der Waals surface area (Å²) in [7, 11) is 0. The molecule has 1 unspecified atom stereocenters. The van der Waals surface area contributed by atoms with E-state index in [1.807, 2.05) is 0 Å². The van der Waals surface area contributed by atoms with Crippen LogP contribution in [-0.2, 0) is 28.6 Å². The Balaban J connectivity index is 4.42. The molecule has 0 fully saturated rings. The van der Waals surface area contributed by atoms with Gasteiger partial charge in [0.1, 0.15) is 13.2 Å². The molecule has 0 radical (unpaired) electrons. The molecule has 1 atom stereocenters. The van der Waals surface area contributed by atoms with Gasteiger partial charge in [0.2, 0.25) is 0 Å². The van der Waals surface area contributed by atoms with Gasteiger partial charge >= 0.3 is 17.9 Å². The van der Waals surface area contributed by atoms with Gasteiger partial charge in [-0.15, -0.1) is 0 Å². The fraction of sp³-hybridized carbons (Fsp3) is 0.769. The Labute approximate surface area is 440 Å². The Morgan fingerprint density at radius 3 is 0.958 bits per heavy atom. The lowest BCUT2D eigenvalue weighted by Gasteiger charge is -2.18. The quantitative estimate of drug-likeness (QED) is 0.0199. The van der Waals surface area contributed by atoms with Crippen molar-refractivity contribution in [2.24, 2.45) is 0 Å². The minimum Gasteiger partial charge on any atom is -0.462 e. The summed E-state index contributed by atoms with van der Waals surface area (Å²) in [6.45, 7) is 6.53. The van der Waals surface area contributed by atoms with Crippen molar-refractivity contribution in [1.82, 2.24) is 0 Å². The van der Waals surface area contributed by atoms with Crippen molar-refractivity contribution in [3.8, 4) is 0 Å². The van der Waals surface area contributed by atoms with E-state index in [9.17, 15) is 14.4 Å². The molecule has 0 aromatic heterocycles. The molecular weight excluding hydrogens is 877 g/mol. The summed E-state index contributed by atoms with van der Waals surface area (Å²) in [5.41, 5.74) is 0. The summed E-state index contributed by atoms with van der Waals surface area (Å²) in [5, 5.41) is 0.